The van der Waals surface area contributed by atoms with Crippen molar-refractivity contribution in [3.05, 3.63) is 12.7 Å². The fourth-order valence-corrected chi connectivity index (χ4v) is 4.63. The van der Waals surface area contributed by atoms with Gasteiger partial charge in [0.1, 0.15) is 0 Å². The van der Waals surface area contributed by atoms with E-state index >= 15 is 0 Å². The van der Waals surface area contributed by atoms with Gasteiger partial charge in [0.25, 0.3) is 0 Å². The minimum Gasteiger partial charge on any atom is -0.328 e. The predicted molar refractivity (Wildman–Crippen MR) is 59.8 cm³/mol. The van der Waals surface area contributed by atoms with Crippen LogP contribution >= 0.6 is 0 Å². The maximum atomic E-state index is 12.0. The van der Waals surface area contributed by atoms with E-state index in [1.54, 1.807) is 4.31 Å². The van der Waals surface area contributed by atoms with Gasteiger partial charge < -0.3 is 5.73 Å². The average Bonchev–Trinajstić information content (AvgIpc) is 2.40. The zero-order valence-electron chi connectivity index (χ0n) is 8.80. The highest BCUT2D eigenvalue weighted by Crippen LogP contribution is 2.37. The van der Waals surface area contributed by atoms with Gasteiger partial charge in [-0.2, -0.15) is 4.31 Å². The van der Waals surface area contributed by atoms with Gasteiger partial charge in [-0.25, -0.2) is 8.42 Å². The average molecular weight is 230 g/mol. The smallest absolute Gasteiger partial charge is 0.218 e. The summed E-state index contributed by atoms with van der Waals surface area (Å²) >= 11 is 0. The highest BCUT2D eigenvalue weighted by molar-refractivity contribution is 7.89. The Morgan fingerprint density at radius 1 is 1.33 bits per heavy atom. The first-order valence-electron chi connectivity index (χ1n) is 5.42. The van der Waals surface area contributed by atoms with Crippen LogP contribution in [0.3, 0.4) is 0 Å². The van der Waals surface area contributed by atoms with Crippen molar-refractivity contribution in [2.24, 2.45) is 5.73 Å². The van der Waals surface area contributed by atoms with Gasteiger partial charge in [-0.1, -0.05) is 6.08 Å². The molecule has 2 heterocycles. The van der Waals surface area contributed by atoms with Gasteiger partial charge in [0.15, 0.2) is 0 Å². The van der Waals surface area contributed by atoms with E-state index in [-0.39, 0.29) is 23.9 Å². The molecule has 0 radical (unpaired) electrons. The number of sulfonamides is 1. The summed E-state index contributed by atoms with van der Waals surface area (Å²) in [5.74, 6) is 0.0508. The van der Waals surface area contributed by atoms with E-state index < -0.39 is 10.0 Å². The Bertz CT molecular complexity index is 338. The molecule has 5 heteroatoms. The SMILES string of the molecule is C=CCS(=O)(=O)N1C2CCC1CC(N)C2. The van der Waals surface area contributed by atoms with Crippen molar-refractivity contribution in [1.82, 2.24) is 4.31 Å². The van der Waals surface area contributed by atoms with E-state index in [0.717, 1.165) is 25.7 Å². The highest BCUT2D eigenvalue weighted by atomic mass is 32.2. The maximum Gasteiger partial charge on any atom is 0.218 e. The normalized spacial score (nSPS) is 36.7. The van der Waals surface area contributed by atoms with Gasteiger partial charge in [-0.3, -0.25) is 0 Å². The molecule has 0 aliphatic carbocycles. The van der Waals surface area contributed by atoms with Gasteiger partial charge in [0.05, 0.1) is 5.75 Å². The lowest BCUT2D eigenvalue weighted by Crippen LogP contribution is -2.50. The first-order valence-corrected chi connectivity index (χ1v) is 7.03. The van der Waals surface area contributed by atoms with E-state index in [1.807, 2.05) is 0 Å². The van der Waals surface area contributed by atoms with Crippen LogP contribution in [0.15, 0.2) is 12.7 Å². The van der Waals surface area contributed by atoms with Crippen LogP contribution in [0, 0.1) is 0 Å². The van der Waals surface area contributed by atoms with Crippen molar-refractivity contribution in [2.75, 3.05) is 5.75 Å². The van der Waals surface area contributed by atoms with Crippen LogP contribution in [-0.2, 0) is 10.0 Å². The summed E-state index contributed by atoms with van der Waals surface area (Å²) < 4.78 is 25.6. The Labute approximate surface area is 91.2 Å². The van der Waals surface area contributed by atoms with Crippen molar-refractivity contribution in [3.63, 3.8) is 0 Å². The Balaban J connectivity index is 2.21. The first kappa shape index (κ1) is 11.1. The number of piperidine rings is 1. The molecule has 0 amide bonds. The molecule has 2 N–H and O–H groups in total. The van der Waals surface area contributed by atoms with E-state index in [4.69, 9.17) is 5.73 Å². The van der Waals surface area contributed by atoms with Crippen LogP contribution in [0.25, 0.3) is 0 Å². The third kappa shape index (κ3) is 1.96. The van der Waals surface area contributed by atoms with E-state index in [1.165, 1.54) is 6.08 Å². The first-order chi connectivity index (χ1) is 7.04. The third-order valence-corrected chi connectivity index (χ3v) is 5.25. The molecule has 2 aliphatic heterocycles. The van der Waals surface area contributed by atoms with Gasteiger partial charge in [0, 0.05) is 18.1 Å². The van der Waals surface area contributed by atoms with Crippen LogP contribution < -0.4 is 5.73 Å². The molecule has 0 aromatic rings. The molecule has 0 aromatic carbocycles. The molecule has 0 saturated carbocycles. The molecule has 2 fully saturated rings. The summed E-state index contributed by atoms with van der Waals surface area (Å²) in [7, 11) is -3.13. The fraction of sp³-hybridized carbons (Fsp3) is 0.800. The largest absolute Gasteiger partial charge is 0.328 e. The Hall–Kier alpha value is -0.390. The second-order valence-electron chi connectivity index (χ2n) is 4.51. The second kappa shape index (κ2) is 3.88. The van der Waals surface area contributed by atoms with E-state index in [2.05, 4.69) is 6.58 Å². The molecule has 2 aliphatic rings. The summed E-state index contributed by atoms with van der Waals surface area (Å²) in [4.78, 5) is 0. The third-order valence-electron chi connectivity index (χ3n) is 3.35. The van der Waals surface area contributed by atoms with Crippen LogP contribution in [0.4, 0.5) is 0 Å². The van der Waals surface area contributed by atoms with Crippen LogP contribution in [0.1, 0.15) is 25.7 Å². The monoisotopic (exact) mass is 230 g/mol. The molecular formula is C10H18N2O2S. The lowest BCUT2D eigenvalue weighted by Gasteiger charge is -2.36. The molecule has 86 valence electrons. The van der Waals surface area contributed by atoms with Crippen molar-refractivity contribution in [1.29, 1.82) is 0 Å². The molecule has 2 atom stereocenters. The standard InChI is InChI=1S/C10H18N2O2S/c1-2-5-15(13,14)12-9-3-4-10(12)7-8(11)6-9/h2,8-10H,1,3-7,11H2. The molecule has 0 spiro atoms. The Morgan fingerprint density at radius 3 is 2.33 bits per heavy atom. The second-order valence-corrected chi connectivity index (χ2v) is 6.43. The number of hydrogen-bond acceptors (Lipinski definition) is 3. The van der Waals surface area contributed by atoms with Crippen LogP contribution in [-0.4, -0.2) is 36.6 Å². The number of hydrogen-bond donors (Lipinski definition) is 1. The maximum absolute atomic E-state index is 12.0. The Morgan fingerprint density at radius 2 is 1.87 bits per heavy atom. The number of nitrogens with zero attached hydrogens (tertiary/aromatic N) is 1. The molecule has 2 unspecified atom stereocenters. The van der Waals surface area contributed by atoms with Gasteiger partial charge in [0.2, 0.25) is 10.0 Å². The van der Waals surface area contributed by atoms with E-state index in [9.17, 15) is 8.42 Å². The lowest BCUT2D eigenvalue weighted by molar-refractivity contribution is 0.228. The van der Waals surface area contributed by atoms with E-state index in [0.29, 0.717) is 0 Å². The topological polar surface area (TPSA) is 63.4 Å². The molecule has 2 saturated heterocycles. The molecule has 15 heavy (non-hydrogen) atoms. The number of nitrogens with two attached hydrogens (primary N) is 1. The lowest BCUT2D eigenvalue weighted by atomic mass is 10.0. The minimum absolute atomic E-state index is 0.0508. The molecule has 2 bridgehead atoms. The molecule has 4 nitrogen and oxygen atoms in total. The molecule has 2 rings (SSSR count). The van der Waals surface area contributed by atoms with Gasteiger partial charge >= 0.3 is 0 Å². The van der Waals surface area contributed by atoms with Crippen molar-refractivity contribution in [2.45, 2.75) is 43.8 Å². The summed E-state index contributed by atoms with van der Waals surface area (Å²) in [6.45, 7) is 3.50. The highest BCUT2D eigenvalue weighted by Gasteiger charge is 2.45. The summed E-state index contributed by atoms with van der Waals surface area (Å²) in [6.07, 6.45) is 5.02. The van der Waals surface area contributed by atoms with Crippen molar-refractivity contribution < 1.29 is 8.42 Å². The quantitative estimate of drug-likeness (QED) is 0.716. The number of rotatable bonds is 3. The van der Waals surface area contributed by atoms with Crippen molar-refractivity contribution in [3.8, 4) is 0 Å². The summed E-state index contributed by atoms with van der Waals surface area (Å²) in [5.41, 5.74) is 5.89. The van der Waals surface area contributed by atoms with Gasteiger partial charge in [-0.15, -0.1) is 6.58 Å². The van der Waals surface area contributed by atoms with Gasteiger partial charge in [-0.05, 0) is 25.7 Å². The summed E-state index contributed by atoms with van der Waals surface area (Å²) in [5, 5.41) is 0. The zero-order chi connectivity index (χ0) is 11.1. The zero-order valence-corrected chi connectivity index (χ0v) is 9.62. The Kier molecular flexibility index (Phi) is 2.87. The minimum atomic E-state index is -3.13. The van der Waals surface area contributed by atoms with Crippen LogP contribution in [0.2, 0.25) is 0 Å². The molecular weight excluding hydrogens is 212 g/mol. The summed E-state index contributed by atoms with van der Waals surface area (Å²) in [6, 6.07) is 0.463. The number of fused-ring (bicyclic) bond motifs is 2. The van der Waals surface area contributed by atoms with Crippen LogP contribution in [0.5, 0.6) is 0 Å². The molecule has 0 aromatic heterocycles. The predicted octanol–water partition coefficient (Wildman–Crippen LogP) is 0.456. The van der Waals surface area contributed by atoms with Crippen molar-refractivity contribution >= 4 is 10.0 Å². The fourth-order valence-electron chi connectivity index (χ4n) is 2.87.